The second-order valence-corrected chi connectivity index (χ2v) is 8.76. The Morgan fingerprint density at radius 3 is 1.71 bits per heavy atom. The molecule has 0 saturated heterocycles. The number of benzene rings is 3. The number of methoxy groups -OCH3 is 6. The van der Waals surface area contributed by atoms with Crippen LogP contribution in [0.5, 0.6) is 28.7 Å². The molecule has 0 fully saturated rings. The van der Waals surface area contributed by atoms with Crippen molar-refractivity contribution in [3.05, 3.63) is 70.1 Å². The predicted octanol–water partition coefficient (Wildman–Crippen LogP) is 3.73. The molecule has 0 saturated carbocycles. The summed E-state index contributed by atoms with van der Waals surface area (Å²) in [6, 6.07) is 12.8. The second-order valence-electron chi connectivity index (χ2n) is 8.76. The van der Waals surface area contributed by atoms with Crippen LogP contribution in [-0.4, -0.2) is 93.8 Å². The van der Waals surface area contributed by atoms with Crippen LogP contribution in [0.4, 0.5) is 0 Å². The minimum atomic E-state index is -0.999. The van der Waals surface area contributed by atoms with Gasteiger partial charge in [-0.2, -0.15) is 0 Å². The van der Waals surface area contributed by atoms with Crippen molar-refractivity contribution in [2.24, 2.45) is 0 Å². The third-order valence-electron chi connectivity index (χ3n) is 6.57. The molecule has 1 aromatic heterocycles. The Balaban J connectivity index is 0.00000484. The second kappa shape index (κ2) is 13.6. The number of hydrogen-bond donors (Lipinski definition) is 1. The largest absolute Gasteiger partial charge is 0.493 e. The number of carboxylic acid groups (broad SMARTS) is 1. The molecule has 42 heavy (non-hydrogen) atoms. The number of esters is 1. The standard InChI is InChI=1S/C30H29NO10.Na/c1-36-21-14-19-20(15-22(21)37-2)29(34)31(18-9-7-16(8-10-18)11-25(32)33)27(30(35)41-6)26(19)17-12-23(38-3)28(40-5)24(13-17)39-4;/h7-10,12-15H,11H2,1-6H3,(H,32,33);. The summed E-state index contributed by atoms with van der Waals surface area (Å²) in [7, 11) is 8.53. The van der Waals surface area contributed by atoms with Gasteiger partial charge in [-0.25, -0.2) is 4.79 Å². The van der Waals surface area contributed by atoms with Crippen LogP contribution in [0.2, 0.25) is 0 Å². The van der Waals surface area contributed by atoms with Gasteiger partial charge in [0.1, 0.15) is 5.69 Å². The molecular formula is C30H29NNaO10. The average Bonchev–Trinajstić information content (AvgIpc) is 2.99. The zero-order valence-corrected chi connectivity index (χ0v) is 26.4. The summed E-state index contributed by atoms with van der Waals surface area (Å²) in [6.07, 6.45) is -0.204. The molecule has 0 aliphatic rings. The fourth-order valence-corrected chi connectivity index (χ4v) is 4.72. The van der Waals surface area contributed by atoms with E-state index < -0.39 is 17.5 Å². The van der Waals surface area contributed by atoms with Crippen LogP contribution in [0.1, 0.15) is 16.1 Å². The molecule has 215 valence electrons. The van der Waals surface area contributed by atoms with Crippen molar-refractivity contribution in [3.8, 4) is 45.6 Å². The zero-order chi connectivity index (χ0) is 29.8. The van der Waals surface area contributed by atoms with Crippen molar-refractivity contribution in [1.29, 1.82) is 0 Å². The maximum atomic E-state index is 14.1. The fourth-order valence-electron chi connectivity index (χ4n) is 4.72. The Hall–Kier alpha value is -4.19. The quantitative estimate of drug-likeness (QED) is 0.217. The smallest absolute Gasteiger partial charge is 0.355 e. The van der Waals surface area contributed by atoms with E-state index in [-0.39, 0.29) is 47.1 Å². The van der Waals surface area contributed by atoms with Gasteiger partial charge in [-0.1, -0.05) is 12.1 Å². The third-order valence-corrected chi connectivity index (χ3v) is 6.57. The molecule has 11 nitrogen and oxygen atoms in total. The van der Waals surface area contributed by atoms with E-state index in [0.29, 0.717) is 56.5 Å². The molecular weight excluding hydrogens is 557 g/mol. The summed E-state index contributed by atoms with van der Waals surface area (Å²) in [4.78, 5) is 38.8. The Kier molecular flexibility index (Phi) is 10.5. The van der Waals surface area contributed by atoms with Gasteiger partial charge in [0.25, 0.3) is 5.56 Å². The van der Waals surface area contributed by atoms with Gasteiger partial charge in [0.15, 0.2) is 23.0 Å². The van der Waals surface area contributed by atoms with Gasteiger partial charge < -0.3 is 33.5 Å². The molecule has 0 amide bonds. The average molecular weight is 587 g/mol. The molecule has 0 aliphatic carbocycles. The molecule has 4 aromatic rings. The van der Waals surface area contributed by atoms with Crippen LogP contribution < -0.4 is 29.2 Å². The summed E-state index contributed by atoms with van der Waals surface area (Å²) in [5.41, 5.74) is 0.983. The van der Waals surface area contributed by atoms with Gasteiger partial charge in [0.2, 0.25) is 5.75 Å². The van der Waals surface area contributed by atoms with Crippen LogP contribution in [0.25, 0.3) is 27.6 Å². The van der Waals surface area contributed by atoms with Crippen LogP contribution in [-0.2, 0) is 16.0 Å². The van der Waals surface area contributed by atoms with E-state index in [1.807, 2.05) is 0 Å². The third kappa shape index (κ3) is 5.89. The Labute approximate surface area is 263 Å². The summed E-state index contributed by atoms with van der Waals surface area (Å²) in [5, 5.41) is 9.77. The van der Waals surface area contributed by atoms with Gasteiger partial charge in [-0.05, 0) is 47.5 Å². The molecule has 0 unspecified atom stereocenters. The van der Waals surface area contributed by atoms with E-state index in [0.717, 1.165) is 0 Å². The van der Waals surface area contributed by atoms with Gasteiger partial charge in [-0.3, -0.25) is 14.2 Å². The van der Waals surface area contributed by atoms with Crippen molar-refractivity contribution in [3.63, 3.8) is 0 Å². The minimum Gasteiger partial charge on any atom is -0.493 e. The first-order chi connectivity index (χ1) is 19.7. The number of hydrogen-bond acceptors (Lipinski definition) is 9. The summed E-state index contributed by atoms with van der Waals surface area (Å²) in [6.45, 7) is 0. The topological polar surface area (TPSA) is 132 Å². The number of nitrogens with zero attached hydrogens (tertiary/aromatic N) is 1. The van der Waals surface area contributed by atoms with Crippen molar-refractivity contribution < 1.29 is 43.1 Å². The number of carbonyl (C=O) groups is 2. The Bertz CT molecular complexity index is 1670. The van der Waals surface area contributed by atoms with Gasteiger partial charge in [0.05, 0.1) is 54.5 Å². The number of aromatic nitrogens is 1. The fraction of sp³-hybridized carbons (Fsp3) is 0.233. The number of ether oxygens (including phenoxy) is 6. The molecule has 1 radical (unpaired) electrons. The molecule has 3 aromatic carbocycles. The van der Waals surface area contributed by atoms with E-state index in [2.05, 4.69) is 0 Å². The number of aliphatic carboxylic acids is 1. The van der Waals surface area contributed by atoms with E-state index in [1.54, 1.807) is 42.5 Å². The summed E-state index contributed by atoms with van der Waals surface area (Å²) in [5.74, 6) is -0.172. The van der Waals surface area contributed by atoms with Crippen LogP contribution in [0.3, 0.4) is 0 Å². The van der Waals surface area contributed by atoms with Crippen molar-refractivity contribution >= 4 is 52.3 Å². The zero-order valence-electron chi connectivity index (χ0n) is 24.4. The SMILES string of the molecule is COC(=O)c1c(-c2cc(OC)c(OC)c(OC)c2)c2cc(OC)c(OC)cc2c(=O)n1-c1ccc(CC(=O)O)cc1.[Na]. The van der Waals surface area contributed by atoms with Gasteiger partial charge in [-0.15, -0.1) is 0 Å². The Morgan fingerprint density at radius 1 is 0.738 bits per heavy atom. The molecule has 1 heterocycles. The van der Waals surface area contributed by atoms with Crippen molar-refractivity contribution in [2.45, 2.75) is 6.42 Å². The molecule has 0 spiro atoms. The van der Waals surface area contributed by atoms with E-state index in [9.17, 15) is 19.5 Å². The molecule has 1 N–H and O–H groups in total. The first kappa shape index (κ1) is 32.3. The van der Waals surface area contributed by atoms with Crippen LogP contribution in [0, 0.1) is 0 Å². The number of fused-ring (bicyclic) bond motifs is 1. The molecule has 0 bridgehead atoms. The molecule has 12 heteroatoms. The maximum Gasteiger partial charge on any atom is 0.355 e. The van der Waals surface area contributed by atoms with E-state index >= 15 is 0 Å². The van der Waals surface area contributed by atoms with E-state index in [1.165, 1.54) is 53.3 Å². The van der Waals surface area contributed by atoms with Crippen LogP contribution >= 0.6 is 0 Å². The number of rotatable bonds is 10. The molecule has 0 atom stereocenters. The number of pyridine rings is 1. The van der Waals surface area contributed by atoms with Gasteiger partial charge in [0, 0.05) is 46.2 Å². The Morgan fingerprint density at radius 2 is 1.26 bits per heavy atom. The normalized spacial score (nSPS) is 10.4. The minimum absolute atomic E-state index is 0. The number of carbonyl (C=O) groups excluding carboxylic acids is 1. The van der Waals surface area contributed by atoms with Crippen molar-refractivity contribution in [2.75, 3.05) is 42.7 Å². The predicted molar refractivity (Wildman–Crippen MR) is 156 cm³/mol. The monoisotopic (exact) mass is 586 g/mol. The molecule has 0 aliphatic heterocycles. The van der Waals surface area contributed by atoms with Gasteiger partial charge >= 0.3 is 11.9 Å². The summed E-state index contributed by atoms with van der Waals surface area (Å²) < 4.78 is 34.0. The maximum absolute atomic E-state index is 14.1. The first-order valence-electron chi connectivity index (χ1n) is 12.3. The molecule has 4 rings (SSSR count). The van der Waals surface area contributed by atoms with Crippen molar-refractivity contribution in [1.82, 2.24) is 4.57 Å². The first-order valence-corrected chi connectivity index (χ1v) is 12.3. The van der Waals surface area contributed by atoms with E-state index in [4.69, 9.17) is 28.4 Å². The number of carboxylic acids is 1. The van der Waals surface area contributed by atoms with Crippen LogP contribution in [0.15, 0.2) is 53.3 Å². The summed E-state index contributed by atoms with van der Waals surface area (Å²) >= 11 is 0.